The van der Waals surface area contributed by atoms with E-state index in [9.17, 15) is 23.6 Å². The molecule has 0 aliphatic heterocycles. The van der Waals surface area contributed by atoms with Gasteiger partial charge in [-0.15, -0.1) is 11.3 Å². The summed E-state index contributed by atoms with van der Waals surface area (Å²) in [6.45, 7) is 2.30. The largest absolute Gasteiger partial charge is 0.351 e. The summed E-state index contributed by atoms with van der Waals surface area (Å²) in [6.07, 6.45) is 3.08. The molecule has 164 valence electrons. The van der Waals surface area contributed by atoms with E-state index < -0.39 is 23.1 Å². The number of unbranched alkanes of at least 4 members (excludes halogenated alkanes) is 1. The molecule has 1 amide bonds. The van der Waals surface area contributed by atoms with Crippen LogP contribution in [0.1, 0.15) is 25.3 Å². The third kappa shape index (κ3) is 5.13. The fourth-order valence-electron chi connectivity index (χ4n) is 2.94. The molecule has 1 N–H and O–H groups in total. The van der Waals surface area contributed by atoms with Crippen LogP contribution in [-0.4, -0.2) is 17.0 Å². The highest BCUT2D eigenvalue weighted by Crippen LogP contribution is 2.13. The number of hydrogen-bond acceptors (Lipinski definition) is 4. The Hall–Kier alpha value is -3.28. The molecule has 5 nitrogen and oxygen atoms in total. The summed E-state index contributed by atoms with van der Waals surface area (Å²) in [6, 6.07) is 11.3. The second kappa shape index (κ2) is 10.4. The summed E-state index contributed by atoms with van der Waals surface area (Å²) >= 11 is 6.87. The van der Waals surface area contributed by atoms with Crippen LogP contribution in [0, 0.1) is 23.0 Å². The third-order valence-corrected chi connectivity index (χ3v) is 5.82. The highest BCUT2D eigenvalue weighted by atomic mass is 35.5. The zero-order valence-electron chi connectivity index (χ0n) is 17.0. The Morgan fingerprint density at radius 1 is 1.28 bits per heavy atom. The molecule has 9 heteroatoms. The van der Waals surface area contributed by atoms with Gasteiger partial charge in [-0.2, -0.15) is 5.26 Å². The molecule has 0 saturated carbocycles. The van der Waals surface area contributed by atoms with Gasteiger partial charge < -0.3 is 5.32 Å². The van der Waals surface area contributed by atoms with Crippen molar-refractivity contribution < 1.29 is 13.6 Å². The average Bonchev–Trinajstić information content (AvgIpc) is 3.04. The van der Waals surface area contributed by atoms with Crippen molar-refractivity contribution >= 4 is 40.5 Å². The quantitative estimate of drug-likeness (QED) is 0.558. The lowest BCUT2D eigenvalue weighted by molar-refractivity contribution is -0.115. The zero-order valence-corrected chi connectivity index (χ0v) is 18.6. The maximum Gasteiger partial charge on any atom is 0.273 e. The third-order valence-electron chi connectivity index (χ3n) is 4.49. The first-order valence-corrected chi connectivity index (χ1v) is 10.9. The Balaban J connectivity index is 2.33. The fourth-order valence-corrected chi connectivity index (χ4v) is 4.24. The number of carbonyl (C=O) groups excluding carboxylic acids is 1. The summed E-state index contributed by atoms with van der Waals surface area (Å²) in [5.74, 6) is -2.49. The standard InChI is InChI=1S/C23H18ClF2N3O2S/c1-2-3-9-28-21(30)17(13-27)23-29(19-8-7-16(25)12-18(19)26)22(31)20(32-23)11-14-5-4-6-15(24)10-14/h4-8,10-12H,2-3,9H2,1H3,(H,28,30)/b20-11-,23-17-. The van der Waals surface area contributed by atoms with Gasteiger partial charge in [-0.05, 0) is 42.3 Å². The van der Waals surface area contributed by atoms with E-state index in [0.29, 0.717) is 29.6 Å². The monoisotopic (exact) mass is 473 g/mol. The maximum absolute atomic E-state index is 14.6. The molecule has 2 aromatic carbocycles. The molecule has 0 radical (unpaired) electrons. The average molecular weight is 474 g/mol. The normalized spacial score (nSPS) is 12.4. The van der Waals surface area contributed by atoms with Crippen molar-refractivity contribution in [1.29, 1.82) is 5.26 Å². The number of benzene rings is 2. The number of halogens is 3. The molecule has 3 aromatic rings. The highest BCUT2D eigenvalue weighted by Gasteiger charge is 2.18. The SMILES string of the molecule is CCCCNC(=O)/C(C#N)=c1\s/c(=C\c2cccc(Cl)c2)c(=O)n1-c1ccc(F)cc1F. The van der Waals surface area contributed by atoms with Crippen LogP contribution < -0.4 is 20.1 Å². The van der Waals surface area contributed by atoms with E-state index in [1.807, 2.05) is 13.0 Å². The molecule has 0 aliphatic carbocycles. The number of nitriles is 1. The van der Waals surface area contributed by atoms with Crippen LogP contribution in [0.25, 0.3) is 17.3 Å². The van der Waals surface area contributed by atoms with Crippen LogP contribution in [-0.2, 0) is 4.79 Å². The van der Waals surface area contributed by atoms with Crippen LogP contribution >= 0.6 is 22.9 Å². The molecule has 1 heterocycles. The lowest BCUT2D eigenvalue weighted by Crippen LogP contribution is -2.34. The van der Waals surface area contributed by atoms with Crippen LogP contribution in [0.15, 0.2) is 47.3 Å². The minimum absolute atomic E-state index is 0.0507. The smallest absolute Gasteiger partial charge is 0.273 e. The first-order valence-electron chi connectivity index (χ1n) is 9.73. The van der Waals surface area contributed by atoms with Gasteiger partial charge in [0.25, 0.3) is 11.5 Å². The van der Waals surface area contributed by atoms with Gasteiger partial charge in [0.2, 0.25) is 0 Å². The van der Waals surface area contributed by atoms with Crippen LogP contribution in [0.2, 0.25) is 5.02 Å². The number of nitrogens with zero attached hydrogens (tertiary/aromatic N) is 2. The van der Waals surface area contributed by atoms with Gasteiger partial charge in [0.15, 0.2) is 5.57 Å². The van der Waals surface area contributed by atoms with E-state index in [0.717, 1.165) is 34.5 Å². The minimum atomic E-state index is -0.996. The van der Waals surface area contributed by atoms with Gasteiger partial charge in [0.05, 0.1) is 10.2 Å². The van der Waals surface area contributed by atoms with Crippen LogP contribution in [0.4, 0.5) is 8.78 Å². The Morgan fingerprint density at radius 2 is 2.06 bits per heavy atom. The number of carbonyl (C=O) groups is 1. The topological polar surface area (TPSA) is 74.9 Å². The predicted octanol–water partition coefficient (Wildman–Crippen LogP) is 3.25. The molecular weight excluding hydrogens is 456 g/mol. The Bertz CT molecular complexity index is 1390. The molecule has 0 aliphatic rings. The molecule has 1 aromatic heterocycles. The molecule has 32 heavy (non-hydrogen) atoms. The van der Waals surface area contributed by atoms with Gasteiger partial charge >= 0.3 is 0 Å². The van der Waals surface area contributed by atoms with E-state index in [4.69, 9.17) is 11.6 Å². The van der Waals surface area contributed by atoms with Crippen molar-refractivity contribution in [2.45, 2.75) is 19.8 Å². The van der Waals surface area contributed by atoms with E-state index in [1.54, 1.807) is 24.3 Å². The summed E-state index contributed by atoms with van der Waals surface area (Å²) in [5.41, 5.74) is -0.634. The first kappa shape index (κ1) is 23.4. The summed E-state index contributed by atoms with van der Waals surface area (Å²) in [5, 5.41) is 12.8. The number of hydrogen-bond donors (Lipinski definition) is 1. The fraction of sp³-hybridized carbons (Fsp3) is 0.174. The number of nitrogens with one attached hydrogen (secondary N) is 1. The second-order valence-corrected chi connectivity index (χ2v) is 8.27. The molecule has 0 fully saturated rings. The van der Waals surface area contributed by atoms with Gasteiger partial charge in [0.1, 0.15) is 22.4 Å². The van der Waals surface area contributed by atoms with Gasteiger partial charge in [-0.25, -0.2) is 8.78 Å². The first-order chi connectivity index (χ1) is 15.3. The molecule has 0 spiro atoms. The summed E-state index contributed by atoms with van der Waals surface area (Å²) in [4.78, 5) is 25.8. The van der Waals surface area contributed by atoms with E-state index >= 15 is 0 Å². The number of amides is 1. The van der Waals surface area contributed by atoms with Gasteiger partial charge in [0, 0.05) is 17.6 Å². The van der Waals surface area contributed by atoms with Crippen molar-refractivity contribution in [1.82, 2.24) is 9.88 Å². The van der Waals surface area contributed by atoms with Crippen LogP contribution in [0.3, 0.4) is 0 Å². The molecule has 3 rings (SSSR count). The molecule has 0 atom stereocenters. The van der Waals surface area contributed by atoms with Crippen molar-refractivity contribution in [3.63, 3.8) is 0 Å². The minimum Gasteiger partial charge on any atom is -0.351 e. The van der Waals surface area contributed by atoms with E-state index in [2.05, 4.69) is 5.32 Å². The lowest BCUT2D eigenvalue weighted by Gasteiger charge is -2.06. The van der Waals surface area contributed by atoms with E-state index in [1.165, 1.54) is 6.08 Å². The molecule has 0 bridgehead atoms. The maximum atomic E-state index is 14.6. The Morgan fingerprint density at radius 3 is 2.72 bits per heavy atom. The Kier molecular flexibility index (Phi) is 7.57. The van der Waals surface area contributed by atoms with Crippen molar-refractivity contribution in [3.05, 3.63) is 84.2 Å². The van der Waals surface area contributed by atoms with Gasteiger partial charge in [-0.1, -0.05) is 37.1 Å². The Labute approximate surface area is 191 Å². The predicted molar refractivity (Wildman–Crippen MR) is 121 cm³/mol. The number of aromatic nitrogens is 1. The van der Waals surface area contributed by atoms with Crippen LogP contribution in [0.5, 0.6) is 0 Å². The number of thiazole rings is 1. The number of rotatable bonds is 6. The van der Waals surface area contributed by atoms with Crippen molar-refractivity contribution in [2.24, 2.45) is 0 Å². The van der Waals surface area contributed by atoms with Gasteiger partial charge in [-0.3, -0.25) is 14.2 Å². The highest BCUT2D eigenvalue weighted by molar-refractivity contribution is 7.07. The van der Waals surface area contributed by atoms with Crippen molar-refractivity contribution in [3.8, 4) is 11.8 Å². The lowest BCUT2D eigenvalue weighted by atomic mass is 10.2. The van der Waals surface area contributed by atoms with Crippen molar-refractivity contribution in [2.75, 3.05) is 6.54 Å². The second-order valence-electron chi connectivity index (χ2n) is 6.80. The molecular formula is C23H18ClF2N3O2S. The summed E-state index contributed by atoms with van der Waals surface area (Å²) < 4.78 is 29.1. The zero-order chi connectivity index (χ0) is 23.3. The van der Waals surface area contributed by atoms with E-state index in [-0.39, 0.29) is 20.5 Å². The molecule has 0 unspecified atom stereocenters. The summed E-state index contributed by atoms with van der Waals surface area (Å²) in [7, 11) is 0. The molecule has 0 saturated heterocycles.